The van der Waals surface area contributed by atoms with E-state index in [1.165, 1.54) is 22.7 Å². The molecular formula is C39H22N2S2. The summed E-state index contributed by atoms with van der Waals surface area (Å²) in [5, 5.41) is 5.29. The van der Waals surface area contributed by atoms with Gasteiger partial charge in [0.2, 0.25) is 0 Å². The maximum atomic E-state index is 10.1. The predicted molar refractivity (Wildman–Crippen MR) is 187 cm³/mol. The lowest BCUT2D eigenvalue weighted by atomic mass is 10.0. The molecule has 10 rings (SSSR count). The second-order valence-electron chi connectivity index (χ2n) is 10.5. The third-order valence-corrected chi connectivity index (χ3v) is 10.3. The fourth-order valence-electron chi connectivity index (χ4n) is 6.29. The van der Waals surface area contributed by atoms with Crippen LogP contribution in [0, 0.1) is 0 Å². The van der Waals surface area contributed by atoms with Crippen LogP contribution in [0.25, 0.3) is 90.0 Å². The van der Waals surface area contributed by atoms with Gasteiger partial charge in [0.25, 0.3) is 0 Å². The van der Waals surface area contributed by atoms with E-state index < -0.39 is 12.1 Å². The molecule has 0 unspecified atom stereocenters. The average molecular weight is 591 g/mol. The highest BCUT2D eigenvalue weighted by Crippen LogP contribution is 2.46. The third kappa shape index (κ3) is 3.30. The van der Waals surface area contributed by atoms with Gasteiger partial charge in [0.05, 0.1) is 32.2 Å². The van der Waals surface area contributed by atoms with Gasteiger partial charge in [-0.2, -0.15) is 0 Å². The van der Waals surface area contributed by atoms with Crippen LogP contribution in [-0.2, 0) is 0 Å². The van der Waals surface area contributed by atoms with Crippen molar-refractivity contribution in [2.75, 3.05) is 0 Å². The van der Waals surface area contributed by atoms with Crippen LogP contribution < -0.4 is 0 Å². The van der Waals surface area contributed by atoms with E-state index >= 15 is 0 Å². The zero-order valence-electron chi connectivity index (χ0n) is 30.3. The fourth-order valence-corrected chi connectivity index (χ4v) is 8.43. The van der Waals surface area contributed by atoms with Crippen LogP contribution >= 0.6 is 22.7 Å². The summed E-state index contributed by atoms with van der Waals surface area (Å²) in [6.07, 6.45) is 0. The first-order chi connectivity index (χ1) is 24.7. The van der Waals surface area contributed by atoms with E-state index in [1.54, 1.807) is 0 Å². The minimum Gasteiger partial charge on any atom is -0.309 e. The predicted octanol–water partition coefficient (Wildman–Crippen LogP) is 11.7. The molecule has 4 heteroatoms. The molecule has 0 aliphatic rings. The number of benzene rings is 7. The maximum Gasteiger partial charge on any atom is 0.125 e. The first kappa shape index (κ1) is 17.2. The van der Waals surface area contributed by atoms with Crippen molar-refractivity contribution in [3.8, 4) is 16.3 Å². The van der Waals surface area contributed by atoms with E-state index in [0.717, 1.165) is 42.8 Å². The van der Waals surface area contributed by atoms with E-state index in [4.69, 9.17) is 11.8 Å². The van der Waals surface area contributed by atoms with Crippen molar-refractivity contribution in [3.05, 3.63) is 133 Å². The van der Waals surface area contributed by atoms with Crippen LogP contribution in [0.1, 0.15) is 11.0 Å². The molecule has 3 heterocycles. The summed E-state index contributed by atoms with van der Waals surface area (Å²) in [4.78, 5) is 4.98. The Bertz CT molecular complexity index is 3160. The Morgan fingerprint density at radius 2 is 1.44 bits per heavy atom. The van der Waals surface area contributed by atoms with E-state index in [9.17, 15) is 4.11 Å². The van der Waals surface area contributed by atoms with Crippen LogP contribution in [0.4, 0.5) is 0 Å². The first-order valence-electron chi connectivity index (χ1n) is 17.8. The lowest BCUT2D eigenvalue weighted by molar-refractivity contribution is 1.19. The molecule has 0 bridgehead atoms. The number of nitrogens with zero attached hydrogens (tertiary/aromatic N) is 2. The molecule has 2 nitrogen and oxygen atoms in total. The van der Waals surface area contributed by atoms with Gasteiger partial charge in [0, 0.05) is 47.6 Å². The molecule has 7 aromatic carbocycles. The van der Waals surface area contributed by atoms with Gasteiger partial charge in [-0.3, -0.25) is 0 Å². The summed E-state index contributed by atoms with van der Waals surface area (Å²) in [7, 11) is 0. The SMILES string of the molecule is [2H]c1c([2H])c([2H])c2c(c1[2H])c([2H])c([2H])c1c2sc2c([2H])c(-n3c4ccccc4c4ccc5ccccc5c43)c([2H])c(-c3nc4ccccc4s3)c21. The summed E-state index contributed by atoms with van der Waals surface area (Å²) >= 11 is 2.58. The second-order valence-corrected chi connectivity index (χ2v) is 12.6. The van der Waals surface area contributed by atoms with Gasteiger partial charge in [-0.05, 0) is 46.4 Å². The molecule has 10 aromatic rings. The van der Waals surface area contributed by atoms with Gasteiger partial charge in [0.1, 0.15) is 5.01 Å². The Morgan fingerprint density at radius 3 is 2.40 bits per heavy atom. The Morgan fingerprint density at radius 1 is 0.605 bits per heavy atom. The Labute approximate surface area is 265 Å². The van der Waals surface area contributed by atoms with Gasteiger partial charge in [0.15, 0.2) is 0 Å². The van der Waals surface area contributed by atoms with E-state index in [2.05, 4.69) is 12.1 Å². The summed E-state index contributed by atoms with van der Waals surface area (Å²) in [5.41, 5.74) is 3.20. The highest BCUT2D eigenvalue weighted by atomic mass is 32.1. The van der Waals surface area contributed by atoms with Gasteiger partial charge in [-0.1, -0.05) is 103 Å². The molecule has 3 aromatic heterocycles. The molecule has 0 radical (unpaired) electrons. The lowest BCUT2D eigenvalue weighted by Gasteiger charge is -2.12. The highest BCUT2D eigenvalue weighted by molar-refractivity contribution is 7.27. The van der Waals surface area contributed by atoms with Crippen LogP contribution in [0.3, 0.4) is 0 Å². The quantitative estimate of drug-likeness (QED) is 0.196. The summed E-state index contributed by atoms with van der Waals surface area (Å²) in [6, 6.07) is 25.9. The number of rotatable bonds is 2. The van der Waals surface area contributed by atoms with Crippen molar-refractivity contribution in [3.63, 3.8) is 0 Å². The zero-order valence-corrected chi connectivity index (χ0v) is 23.9. The minimum atomic E-state index is -0.466. The number of hydrogen-bond donors (Lipinski definition) is 0. The molecule has 0 spiro atoms. The second kappa shape index (κ2) is 8.74. The van der Waals surface area contributed by atoms with Crippen LogP contribution in [0.2, 0.25) is 0 Å². The number of hydrogen-bond acceptors (Lipinski definition) is 3. The molecule has 0 aliphatic carbocycles. The van der Waals surface area contributed by atoms with Gasteiger partial charge >= 0.3 is 0 Å². The molecule has 0 amide bonds. The number of aromatic nitrogens is 2. The van der Waals surface area contributed by atoms with Crippen molar-refractivity contribution in [1.29, 1.82) is 0 Å². The van der Waals surface area contributed by atoms with Crippen molar-refractivity contribution < 1.29 is 11.0 Å². The molecule has 0 N–H and O–H groups in total. The fraction of sp³-hybridized carbons (Fsp3) is 0. The normalized spacial score (nSPS) is 14.8. The third-order valence-electron chi connectivity index (χ3n) is 8.15. The molecule has 43 heavy (non-hydrogen) atoms. The highest BCUT2D eigenvalue weighted by Gasteiger charge is 2.21. The number of thiophene rings is 1. The largest absolute Gasteiger partial charge is 0.309 e. The van der Waals surface area contributed by atoms with E-state index in [1.807, 2.05) is 77.4 Å². The van der Waals surface area contributed by atoms with Crippen LogP contribution in [0.15, 0.2) is 133 Å². The smallest absolute Gasteiger partial charge is 0.125 e. The van der Waals surface area contributed by atoms with Gasteiger partial charge < -0.3 is 4.57 Å². The monoisotopic (exact) mass is 590 g/mol. The van der Waals surface area contributed by atoms with Crippen molar-refractivity contribution in [1.82, 2.24) is 9.55 Å². The first-order valence-corrected chi connectivity index (χ1v) is 15.5. The molecule has 0 saturated heterocycles. The topological polar surface area (TPSA) is 17.8 Å². The Kier molecular flexibility index (Phi) is 3.49. The summed E-state index contributed by atoms with van der Waals surface area (Å²) < 4.78 is 76.4. The van der Waals surface area contributed by atoms with Gasteiger partial charge in [-0.25, -0.2) is 4.98 Å². The van der Waals surface area contributed by atoms with E-state index in [-0.39, 0.29) is 52.4 Å². The van der Waals surface area contributed by atoms with Crippen LogP contribution in [0.5, 0.6) is 0 Å². The molecule has 0 saturated carbocycles. The van der Waals surface area contributed by atoms with E-state index in [0.29, 0.717) is 31.0 Å². The van der Waals surface area contributed by atoms with Crippen molar-refractivity contribution >= 4 is 96.4 Å². The minimum absolute atomic E-state index is 0.0293. The molecule has 200 valence electrons. The maximum absolute atomic E-state index is 10.1. The average Bonchev–Trinajstić information content (AvgIpc) is 3.84. The van der Waals surface area contributed by atoms with Crippen LogP contribution in [-0.4, -0.2) is 9.55 Å². The number of thiazole rings is 1. The molecular weight excluding hydrogens is 561 g/mol. The Hall–Kier alpha value is -5.03. The molecule has 0 atom stereocenters. The lowest BCUT2D eigenvalue weighted by Crippen LogP contribution is -1.95. The number of para-hydroxylation sites is 2. The number of fused-ring (bicyclic) bond motifs is 11. The summed E-state index contributed by atoms with van der Waals surface area (Å²) in [6.45, 7) is 0. The molecule has 0 fully saturated rings. The summed E-state index contributed by atoms with van der Waals surface area (Å²) in [5.74, 6) is 0. The zero-order chi connectivity index (χ0) is 35.0. The van der Waals surface area contributed by atoms with Crippen molar-refractivity contribution in [2.45, 2.75) is 0 Å². The standard InChI is InChI=1S/C39H22N2S2/c1-3-11-26-23(9-1)17-19-29-28-13-5-7-15-33(28)41(37(26)29)25-21-31(39-40-32-14-6-8-16-34(32)43-39)36-30-20-18-24-10-2-4-12-27(24)38(30)42-35(36)22-25/h1-22H/i2D,4D,10D,12D,18D,20D,21D,22D. The van der Waals surface area contributed by atoms with Crippen molar-refractivity contribution in [2.24, 2.45) is 0 Å². The van der Waals surface area contributed by atoms with Gasteiger partial charge in [-0.15, -0.1) is 22.7 Å². The Balaban J connectivity index is 1.48. The molecule has 0 aliphatic heterocycles.